The number of nitrogens with two attached hydrogens (primary N) is 1. The summed E-state index contributed by atoms with van der Waals surface area (Å²) in [5.74, 6) is 0.646. The van der Waals surface area contributed by atoms with E-state index in [2.05, 4.69) is 11.4 Å². The fourth-order valence-electron chi connectivity index (χ4n) is 3.12. The molecule has 3 rings (SSSR count). The number of hydrogen-bond acceptors (Lipinski definition) is 7. The first-order chi connectivity index (χ1) is 15.0. The molecule has 0 heterocycles. The van der Waals surface area contributed by atoms with Crippen molar-refractivity contribution in [2.75, 3.05) is 19.0 Å². The van der Waals surface area contributed by atoms with E-state index in [4.69, 9.17) is 20.5 Å². The first-order valence-electron chi connectivity index (χ1n) is 9.55. The number of nitriles is 1. The lowest BCUT2D eigenvalue weighted by atomic mass is 10.0. The molecule has 31 heavy (non-hydrogen) atoms. The Morgan fingerprint density at radius 3 is 2.42 bits per heavy atom. The van der Waals surface area contributed by atoms with Crippen LogP contribution in [-0.4, -0.2) is 18.6 Å². The van der Waals surface area contributed by atoms with E-state index in [0.717, 1.165) is 5.56 Å². The third-order valence-electron chi connectivity index (χ3n) is 4.71. The molecule has 0 radical (unpaired) electrons. The normalized spacial score (nSPS) is 11.3. The Hall–Kier alpha value is -4.09. The Morgan fingerprint density at radius 2 is 1.84 bits per heavy atom. The Bertz CT molecular complexity index is 1080. The minimum atomic E-state index is -0.551. The second-order valence-electron chi connectivity index (χ2n) is 6.72. The van der Waals surface area contributed by atoms with Crippen molar-refractivity contribution >= 4 is 11.4 Å². The first-order valence-corrected chi connectivity index (χ1v) is 9.55. The minimum absolute atomic E-state index is 0.105. The predicted molar refractivity (Wildman–Crippen MR) is 117 cm³/mol. The van der Waals surface area contributed by atoms with E-state index in [1.807, 2.05) is 30.3 Å². The van der Waals surface area contributed by atoms with Crippen molar-refractivity contribution in [1.82, 2.24) is 0 Å². The summed E-state index contributed by atoms with van der Waals surface area (Å²) >= 11 is 0. The molecular formula is C23H22N4O4. The zero-order valence-corrected chi connectivity index (χ0v) is 16.9. The topological polar surface area (TPSA) is 123 Å². The lowest BCUT2D eigenvalue weighted by Gasteiger charge is -2.20. The summed E-state index contributed by atoms with van der Waals surface area (Å²) in [5, 5.41) is 23.9. The molecule has 0 aliphatic rings. The molecule has 0 saturated heterocycles. The van der Waals surface area contributed by atoms with Gasteiger partial charge in [-0.05, 0) is 35.9 Å². The number of anilines is 1. The second-order valence-corrected chi connectivity index (χ2v) is 6.72. The van der Waals surface area contributed by atoms with Gasteiger partial charge in [0.05, 0.1) is 41.3 Å². The number of rotatable bonds is 9. The van der Waals surface area contributed by atoms with Gasteiger partial charge >= 0.3 is 0 Å². The maximum absolute atomic E-state index is 11.8. The lowest BCUT2D eigenvalue weighted by molar-refractivity contribution is -0.385. The molecule has 0 aromatic heterocycles. The van der Waals surface area contributed by atoms with Gasteiger partial charge in [0.15, 0.2) is 11.5 Å². The molecule has 0 bridgehead atoms. The molecule has 0 aliphatic heterocycles. The van der Waals surface area contributed by atoms with Gasteiger partial charge in [0.25, 0.3) is 5.69 Å². The van der Waals surface area contributed by atoms with Gasteiger partial charge in [-0.3, -0.25) is 10.1 Å². The van der Waals surface area contributed by atoms with Crippen molar-refractivity contribution in [3.8, 4) is 17.6 Å². The average molecular weight is 418 g/mol. The third kappa shape index (κ3) is 5.29. The molecule has 0 amide bonds. The molecular weight excluding hydrogens is 396 g/mol. The highest BCUT2D eigenvalue weighted by molar-refractivity contribution is 5.58. The molecule has 1 atom stereocenters. The fourth-order valence-corrected chi connectivity index (χ4v) is 3.12. The fraction of sp³-hybridized carbons (Fsp3) is 0.174. The van der Waals surface area contributed by atoms with Gasteiger partial charge in [-0.25, -0.2) is 0 Å². The highest BCUT2D eigenvalue weighted by atomic mass is 16.6. The summed E-state index contributed by atoms with van der Waals surface area (Å²) in [6, 6.07) is 20.7. The van der Waals surface area contributed by atoms with Crippen molar-refractivity contribution in [1.29, 1.82) is 5.26 Å². The quantitative estimate of drug-likeness (QED) is 0.395. The largest absolute Gasteiger partial charge is 0.493 e. The highest BCUT2D eigenvalue weighted by Crippen LogP contribution is 2.38. The Labute approximate surface area is 180 Å². The number of ether oxygens (including phenoxy) is 2. The Morgan fingerprint density at radius 1 is 1.13 bits per heavy atom. The van der Waals surface area contributed by atoms with Crippen LogP contribution >= 0.6 is 0 Å². The molecule has 158 valence electrons. The SMILES string of the molecule is COc1cc(C(CN)Nc2ccc(C#N)cc2)c([N+](=O)[O-])cc1OCc1ccccc1. The lowest BCUT2D eigenvalue weighted by Crippen LogP contribution is -2.22. The van der Waals surface area contributed by atoms with Crippen LogP contribution in [-0.2, 0) is 6.61 Å². The van der Waals surface area contributed by atoms with Crippen LogP contribution < -0.4 is 20.5 Å². The summed E-state index contributed by atoms with van der Waals surface area (Å²) in [6.07, 6.45) is 0. The number of nitro groups is 1. The third-order valence-corrected chi connectivity index (χ3v) is 4.71. The number of nitro benzene ring substituents is 1. The van der Waals surface area contributed by atoms with Crippen molar-refractivity contribution in [3.05, 3.63) is 93.5 Å². The predicted octanol–water partition coefficient (Wildman–Crippen LogP) is 4.17. The average Bonchev–Trinajstić information content (AvgIpc) is 2.81. The van der Waals surface area contributed by atoms with Crippen LogP contribution in [0.5, 0.6) is 11.5 Å². The number of benzene rings is 3. The van der Waals surface area contributed by atoms with Crippen molar-refractivity contribution in [3.63, 3.8) is 0 Å². The van der Waals surface area contributed by atoms with Crippen LogP contribution in [0.1, 0.15) is 22.7 Å². The van der Waals surface area contributed by atoms with Crippen molar-refractivity contribution in [2.45, 2.75) is 12.6 Å². The molecule has 3 N–H and O–H groups in total. The molecule has 0 spiro atoms. The van der Waals surface area contributed by atoms with E-state index < -0.39 is 11.0 Å². The number of nitrogens with one attached hydrogen (secondary N) is 1. The zero-order valence-electron chi connectivity index (χ0n) is 16.9. The molecule has 0 saturated carbocycles. The van der Waals surface area contributed by atoms with E-state index in [-0.39, 0.29) is 24.6 Å². The molecule has 0 fully saturated rings. The van der Waals surface area contributed by atoms with Gasteiger partial charge in [0.1, 0.15) is 6.61 Å². The maximum Gasteiger partial charge on any atom is 0.278 e. The van der Waals surface area contributed by atoms with E-state index in [9.17, 15) is 10.1 Å². The minimum Gasteiger partial charge on any atom is -0.493 e. The van der Waals surface area contributed by atoms with Gasteiger partial charge < -0.3 is 20.5 Å². The first kappa shape index (κ1) is 21.6. The van der Waals surface area contributed by atoms with Crippen LogP contribution in [0.15, 0.2) is 66.7 Å². The van der Waals surface area contributed by atoms with E-state index in [0.29, 0.717) is 22.6 Å². The van der Waals surface area contributed by atoms with Gasteiger partial charge in [-0.2, -0.15) is 5.26 Å². The van der Waals surface area contributed by atoms with Crippen LogP contribution in [0, 0.1) is 21.4 Å². The zero-order chi connectivity index (χ0) is 22.2. The summed E-state index contributed by atoms with van der Waals surface area (Å²) in [4.78, 5) is 11.3. The summed E-state index contributed by atoms with van der Waals surface area (Å²) in [6.45, 7) is 0.353. The smallest absolute Gasteiger partial charge is 0.278 e. The molecule has 3 aromatic carbocycles. The number of methoxy groups -OCH3 is 1. The monoisotopic (exact) mass is 418 g/mol. The van der Waals surface area contributed by atoms with E-state index in [1.54, 1.807) is 30.3 Å². The highest BCUT2D eigenvalue weighted by Gasteiger charge is 2.25. The number of nitrogens with zero attached hydrogens (tertiary/aromatic N) is 2. The molecule has 8 heteroatoms. The number of hydrogen-bond donors (Lipinski definition) is 2. The summed E-state index contributed by atoms with van der Waals surface area (Å²) < 4.78 is 11.2. The van der Waals surface area contributed by atoms with Crippen LogP contribution in [0.25, 0.3) is 0 Å². The standard InChI is InChI=1S/C23H22N4O4/c1-30-22-11-19(20(14-25)26-18-9-7-16(13-24)8-10-18)21(27(28)29)12-23(22)31-15-17-5-3-2-4-6-17/h2-12,20,26H,14-15,25H2,1H3. The molecule has 1 unspecified atom stereocenters. The Kier molecular flexibility index (Phi) is 7.04. The Balaban J connectivity index is 1.91. The van der Waals surface area contributed by atoms with Crippen molar-refractivity contribution in [2.24, 2.45) is 5.73 Å². The summed E-state index contributed by atoms with van der Waals surface area (Å²) in [5.41, 5.74) is 8.32. The molecule has 8 nitrogen and oxygen atoms in total. The van der Waals surface area contributed by atoms with E-state index >= 15 is 0 Å². The van der Waals surface area contributed by atoms with Crippen molar-refractivity contribution < 1.29 is 14.4 Å². The van der Waals surface area contributed by atoms with Crippen LogP contribution in [0.4, 0.5) is 11.4 Å². The molecule has 3 aromatic rings. The second kappa shape index (κ2) is 10.1. The van der Waals surface area contributed by atoms with Gasteiger partial charge in [0.2, 0.25) is 0 Å². The van der Waals surface area contributed by atoms with Crippen LogP contribution in [0.3, 0.4) is 0 Å². The van der Waals surface area contributed by atoms with Gasteiger partial charge in [-0.1, -0.05) is 30.3 Å². The van der Waals surface area contributed by atoms with Crippen LogP contribution in [0.2, 0.25) is 0 Å². The molecule has 0 aliphatic carbocycles. The van der Waals surface area contributed by atoms with Gasteiger partial charge in [-0.15, -0.1) is 0 Å². The maximum atomic E-state index is 11.8. The van der Waals surface area contributed by atoms with Gasteiger partial charge in [0, 0.05) is 12.2 Å². The van der Waals surface area contributed by atoms with E-state index in [1.165, 1.54) is 13.2 Å². The summed E-state index contributed by atoms with van der Waals surface area (Å²) in [7, 11) is 1.48.